The Balaban J connectivity index is 1.46. The van der Waals surface area contributed by atoms with Crippen LogP contribution in [-0.4, -0.2) is 22.1 Å². The van der Waals surface area contributed by atoms with Gasteiger partial charge in [0.05, 0.1) is 11.9 Å². The molecule has 0 saturated heterocycles. The van der Waals surface area contributed by atoms with Crippen LogP contribution in [0.2, 0.25) is 5.02 Å². The normalized spacial score (nSPS) is 12.7. The summed E-state index contributed by atoms with van der Waals surface area (Å²) in [5.74, 6) is 0.597. The Hall–Kier alpha value is -3.05. The van der Waals surface area contributed by atoms with Gasteiger partial charge in [-0.15, -0.1) is 0 Å². The standard InChI is InChI=1S/C21H18ClN3O2/c22-19-5-6-20-17(10-19)9-18(13-27-20)21(26)24-11-15-3-1-2-4-16(15)12-25-8-7-23-14-25/h1-10,14H,11-13H2,(H,24,26). The van der Waals surface area contributed by atoms with E-state index in [2.05, 4.69) is 16.4 Å². The van der Waals surface area contributed by atoms with Crippen LogP contribution in [0.4, 0.5) is 0 Å². The van der Waals surface area contributed by atoms with Gasteiger partial charge >= 0.3 is 0 Å². The summed E-state index contributed by atoms with van der Waals surface area (Å²) in [7, 11) is 0. The number of hydrogen-bond acceptors (Lipinski definition) is 3. The molecular formula is C21H18ClN3O2. The fourth-order valence-corrected chi connectivity index (χ4v) is 3.21. The maximum Gasteiger partial charge on any atom is 0.250 e. The molecule has 1 N–H and O–H groups in total. The number of hydrogen-bond donors (Lipinski definition) is 1. The highest BCUT2D eigenvalue weighted by molar-refractivity contribution is 6.30. The van der Waals surface area contributed by atoms with E-state index in [0.717, 1.165) is 22.4 Å². The summed E-state index contributed by atoms with van der Waals surface area (Å²) in [5, 5.41) is 3.60. The van der Waals surface area contributed by atoms with Crippen molar-refractivity contribution in [2.24, 2.45) is 0 Å². The van der Waals surface area contributed by atoms with Gasteiger partial charge in [-0.1, -0.05) is 35.9 Å². The maximum atomic E-state index is 12.6. The molecule has 0 unspecified atom stereocenters. The monoisotopic (exact) mass is 379 g/mol. The Morgan fingerprint density at radius 3 is 2.89 bits per heavy atom. The van der Waals surface area contributed by atoms with E-state index >= 15 is 0 Å². The minimum absolute atomic E-state index is 0.141. The molecule has 6 heteroatoms. The molecule has 2 heterocycles. The highest BCUT2D eigenvalue weighted by atomic mass is 35.5. The first kappa shape index (κ1) is 17.4. The third-order valence-corrected chi connectivity index (χ3v) is 4.68. The molecule has 1 aromatic heterocycles. The van der Waals surface area contributed by atoms with Crippen LogP contribution in [-0.2, 0) is 17.9 Å². The number of rotatable bonds is 5. The molecule has 5 nitrogen and oxygen atoms in total. The number of carbonyl (C=O) groups is 1. The lowest BCUT2D eigenvalue weighted by atomic mass is 10.1. The average Bonchev–Trinajstić information content (AvgIpc) is 3.19. The first-order chi connectivity index (χ1) is 13.2. The third kappa shape index (κ3) is 4.04. The van der Waals surface area contributed by atoms with E-state index < -0.39 is 0 Å². The second-order valence-electron chi connectivity index (χ2n) is 6.33. The smallest absolute Gasteiger partial charge is 0.250 e. The van der Waals surface area contributed by atoms with Gasteiger partial charge in [0.25, 0.3) is 5.91 Å². The Kier molecular flexibility index (Phi) is 4.94. The Labute approximate surface area is 162 Å². The third-order valence-electron chi connectivity index (χ3n) is 4.45. The van der Waals surface area contributed by atoms with Crippen molar-refractivity contribution in [1.29, 1.82) is 0 Å². The summed E-state index contributed by atoms with van der Waals surface area (Å²) in [6.07, 6.45) is 7.28. The number of carbonyl (C=O) groups excluding carboxylic acids is 1. The van der Waals surface area contributed by atoms with Gasteiger partial charge in [0.2, 0.25) is 0 Å². The van der Waals surface area contributed by atoms with Gasteiger partial charge in [-0.25, -0.2) is 4.98 Å². The van der Waals surface area contributed by atoms with Crippen LogP contribution in [0.15, 0.2) is 66.8 Å². The fraction of sp³-hybridized carbons (Fsp3) is 0.143. The van der Waals surface area contributed by atoms with Crippen molar-refractivity contribution in [3.05, 3.63) is 88.5 Å². The van der Waals surface area contributed by atoms with Crippen LogP contribution in [0, 0.1) is 0 Å². The molecule has 27 heavy (non-hydrogen) atoms. The number of ether oxygens (including phenoxy) is 1. The number of benzene rings is 2. The molecule has 0 atom stereocenters. The van der Waals surface area contributed by atoms with Gasteiger partial charge in [-0.2, -0.15) is 0 Å². The molecule has 136 valence electrons. The Morgan fingerprint density at radius 1 is 1.22 bits per heavy atom. The van der Waals surface area contributed by atoms with E-state index in [0.29, 0.717) is 23.7 Å². The molecule has 3 aromatic rings. The first-order valence-electron chi connectivity index (χ1n) is 8.63. The summed E-state index contributed by atoms with van der Waals surface area (Å²) < 4.78 is 7.66. The van der Waals surface area contributed by atoms with E-state index in [4.69, 9.17) is 16.3 Å². The number of aromatic nitrogens is 2. The zero-order valence-electron chi connectivity index (χ0n) is 14.6. The van der Waals surface area contributed by atoms with Crippen molar-refractivity contribution in [3.8, 4) is 5.75 Å². The SMILES string of the molecule is O=C(NCc1ccccc1Cn1ccnc1)C1=Cc2cc(Cl)ccc2OC1. The minimum atomic E-state index is -0.141. The largest absolute Gasteiger partial charge is 0.488 e. The van der Waals surface area contributed by atoms with Crippen LogP contribution in [0.1, 0.15) is 16.7 Å². The summed E-state index contributed by atoms with van der Waals surface area (Å²) in [6, 6.07) is 13.4. The number of imidazole rings is 1. The number of fused-ring (bicyclic) bond motifs is 1. The van der Waals surface area contributed by atoms with Gasteiger partial charge in [0.1, 0.15) is 12.4 Å². The zero-order chi connectivity index (χ0) is 18.6. The highest BCUT2D eigenvalue weighted by Gasteiger charge is 2.17. The summed E-state index contributed by atoms with van der Waals surface area (Å²) >= 11 is 6.03. The maximum absolute atomic E-state index is 12.6. The Bertz CT molecular complexity index is 996. The van der Waals surface area contributed by atoms with Gasteiger partial charge in [0.15, 0.2) is 0 Å². The molecule has 1 amide bonds. The lowest BCUT2D eigenvalue weighted by Crippen LogP contribution is -2.28. The molecule has 0 fully saturated rings. The molecule has 0 spiro atoms. The molecular weight excluding hydrogens is 362 g/mol. The van der Waals surface area contributed by atoms with Crippen LogP contribution in [0.25, 0.3) is 6.08 Å². The second kappa shape index (κ2) is 7.68. The molecule has 1 aliphatic rings. The summed E-state index contributed by atoms with van der Waals surface area (Å²) in [4.78, 5) is 16.7. The molecule has 0 radical (unpaired) electrons. The van der Waals surface area contributed by atoms with Crippen LogP contribution in [0.3, 0.4) is 0 Å². The topological polar surface area (TPSA) is 56.2 Å². The summed E-state index contributed by atoms with van der Waals surface area (Å²) in [6.45, 7) is 1.41. The molecule has 1 aliphatic heterocycles. The van der Waals surface area contributed by atoms with Crippen molar-refractivity contribution in [1.82, 2.24) is 14.9 Å². The van der Waals surface area contributed by atoms with Gasteiger partial charge in [0, 0.05) is 36.1 Å². The van der Waals surface area contributed by atoms with Crippen LogP contribution < -0.4 is 10.1 Å². The predicted octanol–water partition coefficient (Wildman–Crippen LogP) is 3.68. The van der Waals surface area contributed by atoms with Gasteiger partial charge in [-0.05, 0) is 35.4 Å². The van der Waals surface area contributed by atoms with Crippen LogP contribution in [0.5, 0.6) is 5.75 Å². The van der Waals surface area contributed by atoms with Crippen molar-refractivity contribution in [2.45, 2.75) is 13.1 Å². The van der Waals surface area contributed by atoms with E-state index in [1.54, 1.807) is 24.7 Å². The highest BCUT2D eigenvalue weighted by Crippen LogP contribution is 2.29. The van der Waals surface area contributed by atoms with Crippen LogP contribution >= 0.6 is 11.6 Å². The fourth-order valence-electron chi connectivity index (χ4n) is 3.03. The van der Waals surface area contributed by atoms with Gasteiger partial charge in [-0.3, -0.25) is 4.79 Å². The van der Waals surface area contributed by atoms with E-state index in [9.17, 15) is 4.79 Å². The average molecular weight is 380 g/mol. The predicted molar refractivity (Wildman–Crippen MR) is 105 cm³/mol. The van der Waals surface area contributed by atoms with Crippen molar-refractivity contribution >= 4 is 23.6 Å². The minimum Gasteiger partial charge on any atom is -0.488 e. The number of nitrogens with zero attached hydrogens (tertiary/aromatic N) is 2. The van der Waals surface area contributed by atoms with Crippen molar-refractivity contribution in [2.75, 3.05) is 6.61 Å². The molecule has 2 aromatic carbocycles. The van der Waals surface area contributed by atoms with Crippen molar-refractivity contribution in [3.63, 3.8) is 0 Å². The van der Waals surface area contributed by atoms with E-state index in [-0.39, 0.29) is 12.5 Å². The van der Waals surface area contributed by atoms with Crippen molar-refractivity contribution < 1.29 is 9.53 Å². The summed E-state index contributed by atoms with van der Waals surface area (Å²) in [5.41, 5.74) is 3.61. The molecule has 4 rings (SSSR count). The number of nitrogens with one attached hydrogen (secondary N) is 1. The number of halogens is 1. The Morgan fingerprint density at radius 2 is 2.07 bits per heavy atom. The van der Waals surface area contributed by atoms with E-state index in [1.807, 2.05) is 41.1 Å². The van der Waals surface area contributed by atoms with Gasteiger partial charge < -0.3 is 14.6 Å². The second-order valence-corrected chi connectivity index (χ2v) is 6.76. The molecule has 0 aliphatic carbocycles. The number of amides is 1. The lowest BCUT2D eigenvalue weighted by molar-refractivity contribution is -0.117. The molecule has 0 saturated carbocycles. The van der Waals surface area contributed by atoms with E-state index in [1.165, 1.54) is 0 Å². The quantitative estimate of drug-likeness (QED) is 0.735. The zero-order valence-corrected chi connectivity index (χ0v) is 15.3. The molecule has 0 bridgehead atoms. The first-order valence-corrected chi connectivity index (χ1v) is 9.00. The lowest BCUT2D eigenvalue weighted by Gasteiger charge is -2.18.